The Morgan fingerprint density at radius 2 is 1.52 bits per heavy atom. The Morgan fingerprint density at radius 1 is 0.963 bits per heavy atom. The van der Waals surface area contributed by atoms with E-state index in [-0.39, 0.29) is 5.91 Å². The number of benzene rings is 1. The van der Waals surface area contributed by atoms with Crippen LogP contribution in [0.2, 0.25) is 0 Å². The zero-order valence-corrected chi connectivity index (χ0v) is 16.6. The van der Waals surface area contributed by atoms with Crippen LogP contribution in [0.1, 0.15) is 24.2 Å². The van der Waals surface area contributed by atoms with Gasteiger partial charge >= 0.3 is 0 Å². The Labute approximate surface area is 161 Å². The summed E-state index contributed by atoms with van der Waals surface area (Å²) in [5.74, 6) is -0.0612. The first-order chi connectivity index (χ1) is 13.0. The molecule has 0 atom stereocenters. The van der Waals surface area contributed by atoms with E-state index in [1.54, 1.807) is 4.90 Å². The Morgan fingerprint density at radius 3 is 2.04 bits per heavy atom. The lowest BCUT2D eigenvalue weighted by Gasteiger charge is -2.36. The van der Waals surface area contributed by atoms with Crippen molar-refractivity contribution in [3.05, 3.63) is 54.4 Å². The van der Waals surface area contributed by atoms with Crippen LogP contribution in [-0.4, -0.2) is 71.7 Å². The van der Waals surface area contributed by atoms with Gasteiger partial charge in [0.2, 0.25) is 0 Å². The molecule has 0 saturated carbocycles. The number of hydrogen-bond donors (Lipinski definition) is 0. The smallest absolute Gasteiger partial charge is 0.282 e. The first-order valence-corrected chi connectivity index (χ1v) is 10.6. The van der Waals surface area contributed by atoms with Gasteiger partial charge in [0.05, 0.1) is 0 Å². The third-order valence-corrected chi connectivity index (χ3v) is 7.09. The SMILES string of the molecule is CCN(CC)S(=O)(=O)N1CCN(C(=O)c2ccc(-n3cccc3)cc2)CC1. The molecular weight excluding hydrogens is 364 g/mol. The van der Waals surface area contributed by atoms with E-state index in [1.165, 1.54) is 8.61 Å². The summed E-state index contributed by atoms with van der Waals surface area (Å²) in [5, 5.41) is 0. The van der Waals surface area contributed by atoms with Crippen LogP contribution < -0.4 is 0 Å². The van der Waals surface area contributed by atoms with Gasteiger partial charge in [-0.3, -0.25) is 4.79 Å². The second kappa shape index (κ2) is 8.24. The third kappa shape index (κ3) is 4.07. The van der Waals surface area contributed by atoms with Gasteiger partial charge in [-0.15, -0.1) is 0 Å². The lowest BCUT2D eigenvalue weighted by atomic mass is 10.1. The minimum atomic E-state index is -3.44. The molecule has 0 radical (unpaired) electrons. The van der Waals surface area contributed by atoms with Crippen LogP contribution in [0.25, 0.3) is 5.69 Å². The molecule has 3 rings (SSSR count). The highest BCUT2D eigenvalue weighted by molar-refractivity contribution is 7.86. The molecular formula is C19H26N4O3S. The van der Waals surface area contributed by atoms with E-state index >= 15 is 0 Å². The lowest BCUT2D eigenvalue weighted by molar-refractivity contribution is 0.0694. The van der Waals surface area contributed by atoms with Crippen LogP contribution in [-0.2, 0) is 10.2 Å². The molecule has 1 aliphatic heterocycles. The van der Waals surface area contributed by atoms with Gasteiger partial charge in [-0.25, -0.2) is 0 Å². The molecule has 1 aliphatic rings. The quantitative estimate of drug-likeness (QED) is 0.756. The average Bonchev–Trinajstić information content (AvgIpc) is 3.23. The van der Waals surface area contributed by atoms with Crippen molar-refractivity contribution in [2.45, 2.75) is 13.8 Å². The van der Waals surface area contributed by atoms with E-state index in [9.17, 15) is 13.2 Å². The Bertz CT molecular complexity index is 851. The maximum Gasteiger partial charge on any atom is 0.282 e. The first kappa shape index (κ1) is 19.6. The molecule has 1 fully saturated rings. The Balaban J connectivity index is 1.63. The molecule has 1 aromatic carbocycles. The molecule has 0 N–H and O–H groups in total. The standard InChI is InChI=1S/C19H26N4O3S/c1-3-22(4-2)27(25,26)23-15-13-21(14-16-23)19(24)17-7-9-18(10-8-17)20-11-5-6-12-20/h5-12H,3-4,13-16H2,1-2H3. The van der Waals surface area contributed by atoms with Gasteiger partial charge < -0.3 is 9.47 Å². The summed E-state index contributed by atoms with van der Waals surface area (Å²) in [6.45, 7) is 6.02. The minimum Gasteiger partial charge on any atom is -0.336 e. The summed E-state index contributed by atoms with van der Waals surface area (Å²) >= 11 is 0. The fourth-order valence-corrected chi connectivity index (χ4v) is 4.90. The topological polar surface area (TPSA) is 65.9 Å². The van der Waals surface area contributed by atoms with Crippen LogP contribution in [0.4, 0.5) is 0 Å². The van der Waals surface area contributed by atoms with Crippen molar-refractivity contribution in [3.8, 4) is 5.69 Å². The summed E-state index contributed by atoms with van der Waals surface area (Å²) in [6, 6.07) is 11.4. The molecule has 146 valence electrons. The number of amides is 1. The largest absolute Gasteiger partial charge is 0.336 e. The maximum absolute atomic E-state index is 12.7. The molecule has 1 saturated heterocycles. The molecule has 1 amide bonds. The number of carbonyl (C=O) groups is 1. The molecule has 1 aromatic heterocycles. The monoisotopic (exact) mass is 390 g/mol. The maximum atomic E-state index is 12.7. The fraction of sp³-hybridized carbons (Fsp3) is 0.421. The number of piperazine rings is 1. The summed E-state index contributed by atoms with van der Waals surface area (Å²) < 4.78 is 30.1. The van der Waals surface area contributed by atoms with Gasteiger partial charge in [-0.05, 0) is 36.4 Å². The van der Waals surface area contributed by atoms with Gasteiger partial charge in [0.1, 0.15) is 0 Å². The van der Waals surface area contributed by atoms with E-state index in [4.69, 9.17) is 0 Å². The van der Waals surface area contributed by atoms with Crippen molar-refractivity contribution in [1.82, 2.24) is 18.1 Å². The van der Waals surface area contributed by atoms with Crippen LogP contribution in [0.3, 0.4) is 0 Å². The Kier molecular flexibility index (Phi) is 5.98. The van der Waals surface area contributed by atoms with E-state index in [1.807, 2.05) is 67.2 Å². The van der Waals surface area contributed by atoms with Gasteiger partial charge in [-0.2, -0.15) is 17.0 Å². The third-order valence-electron chi connectivity index (χ3n) is 4.90. The van der Waals surface area contributed by atoms with Crippen molar-refractivity contribution in [3.63, 3.8) is 0 Å². The Hall–Kier alpha value is -2.16. The van der Waals surface area contributed by atoms with Crippen LogP contribution in [0.5, 0.6) is 0 Å². The highest BCUT2D eigenvalue weighted by Gasteiger charge is 2.32. The van der Waals surface area contributed by atoms with Crippen LogP contribution in [0, 0.1) is 0 Å². The van der Waals surface area contributed by atoms with E-state index in [0.29, 0.717) is 44.8 Å². The number of hydrogen-bond acceptors (Lipinski definition) is 3. The second-order valence-electron chi connectivity index (χ2n) is 6.42. The number of rotatable bonds is 6. The van der Waals surface area contributed by atoms with Crippen molar-refractivity contribution in [2.24, 2.45) is 0 Å². The van der Waals surface area contributed by atoms with Gasteiger partial charge in [0, 0.05) is 62.9 Å². The molecule has 0 spiro atoms. The van der Waals surface area contributed by atoms with Crippen LogP contribution in [0.15, 0.2) is 48.8 Å². The molecule has 2 aromatic rings. The second-order valence-corrected chi connectivity index (χ2v) is 8.35. The molecule has 8 heteroatoms. The summed E-state index contributed by atoms with van der Waals surface area (Å²) in [6.07, 6.45) is 3.90. The van der Waals surface area contributed by atoms with Crippen molar-refractivity contribution in [2.75, 3.05) is 39.3 Å². The predicted octanol–water partition coefficient (Wildman–Crippen LogP) is 1.82. The zero-order chi connectivity index (χ0) is 19.4. The van der Waals surface area contributed by atoms with Crippen molar-refractivity contribution < 1.29 is 13.2 Å². The fourth-order valence-electron chi connectivity index (χ4n) is 3.30. The van der Waals surface area contributed by atoms with Crippen molar-refractivity contribution >= 4 is 16.1 Å². The summed E-state index contributed by atoms with van der Waals surface area (Å²) in [4.78, 5) is 14.5. The number of aromatic nitrogens is 1. The average molecular weight is 391 g/mol. The molecule has 0 unspecified atom stereocenters. The van der Waals surface area contributed by atoms with E-state index in [2.05, 4.69) is 0 Å². The zero-order valence-electron chi connectivity index (χ0n) is 15.8. The summed E-state index contributed by atoms with van der Waals surface area (Å²) in [5.41, 5.74) is 1.61. The summed E-state index contributed by atoms with van der Waals surface area (Å²) in [7, 11) is -3.44. The normalized spacial score (nSPS) is 16.0. The van der Waals surface area contributed by atoms with Crippen molar-refractivity contribution in [1.29, 1.82) is 0 Å². The lowest BCUT2D eigenvalue weighted by Crippen LogP contribution is -2.54. The first-order valence-electron chi connectivity index (χ1n) is 9.25. The van der Waals surface area contributed by atoms with Gasteiger partial charge in [-0.1, -0.05) is 13.8 Å². The molecule has 0 aliphatic carbocycles. The van der Waals surface area contributed by atoms with Crippen LogP contribution >= 0.6 is 0 Å². The van der Waals surface area contributed by atoms with E-state index in [0.717, 1.165) is 5.69 Å². The highest BCUT2D eigenvalue weighted by Crippen LogP contribution is 2.16. The molecule has 7 nitrogen and oxygen atoms in total. The molecule has 27 heavy (non-hydrogen) atoms. The van der Waals surface area contributed by atoms with E-state index < -0.39 is 10.2 Å². The number of nitrogens with zero attached hydrogens (tertiary/aromatic N) is 4. The van der Waals surface area contributed by atoms with Gasteiger partial charge in [0.15, 0.2) is 0 Å². The highest BCUT2D eigenvalue weighted by atomic mass is 32.2. The number of carbonyl (C=O) groups excluding carboxylic acids is 1. The molecule has 2 heterocycles. The minimum absolute atomic E-state index is 0.0612. The molecule has 0 bridgehead atoms. The predicted molar refractivity (Wildman–Crippen MR) is 105 cm³/mol. The van der Waals surface area contributed by atoms with Gasteiger partial charge in [0.25, 0.3) is 16.1 Å².